The summed E-state index contributed by atoms with van der Waals surface area (Å²) in [7, 11) is 0. The summed E-state index contributed by atoms with van der Waals surface area (Å²) < 4.78 is 62.1. The molecule has 1 aliphatic heterocycles. The summed E-state index contributed by atoms with van der Waals surface area (Å²) in [6, 6.07) is 28.7. The first-order valence-electron chi connectivity index (χ1n) is 9.93. The van der Waals surface area contributed by atoms with Gasteiger partial charge in [-0.25, -0.2) is 0 Å². The fourth-order valence-corrected chi connectivity index (χ4v) is 4.06. The molecule has 1 aliphatic rings. The van der Waals surface area contributed by atoms with Gasteiger partial charge in [0.25, 0.3) is 0 Å². The first-order valence-corrected chi connectivity index (χ1v) is 15.7. The van der Waals surface area contributed by atoms with Crippen LogP contribution in [0.15, 0.2) is 78.9 Å². The van der Waals surface area contributed by atoms with Crippen molar-refractivity contribution in [3.63, 3.8) is 0 Å². The molecule has 2 heterocycles. The Morgan fingerprint density at radius 3 is 2.06 bits per heavy atom. The van der Waals surface area contributed by atoms with E-state index in [1.54, 1.807) is 0 Å². The second kappa shape index (κ2) is 7.24. The van der Waals surface area contributed by atoms with Gasteiger partial charge in [-0.15, -0.1) is 0 Å². The standard InChI is InChI=1S/C24H20N.6FH.Sb/c1-17-11-12-18-13-14-25-23(19-7-3-2-4-8-19)16-20-9-5-6-10-21(20)24(25)22(18)15-17;;;;;;;/h2-12,15-16H,13-14H2,1H3;6*1H;/q+1;;;;;;;+5/p-6. The third-order valence-electron chi connectivity index (χ3n) is 5.26. The number of hydrogen-bond acceptors (Lipinski definition) is 0. The van der Waals surface area contributed by atoms with Gasteiger partial charge in [-0.3, -0.25) is 0 Å². The van der Waals surface area contributed by atoms with Crippen LogP contribution in [0, 0.1) is 6.92 Å². The average molecular weight is 558 g/mol. The molecule has 0 N–H and O–H groups in total. The number of halogens is 6. The van der Waals surface area contributed by atoms with Crippen LogP contribution < -0.4 is 4.57 Å². The molecule has 3 aromatic carbocycles. The molecule has 4 aromatic rings. The van der Waals surface area contributed by atoms with Crippen molar-refractivity contribution in [2.45, 2.75) is 19.9 Å². The van der Waals surface area contributed by atoms with Crippen molar-refractivity contribution in [1.82, 2.24) is 0 Å². The normalized spacial score (nSPS) is 15.0. The zero-order valence-corrected chi connectivity index (χ0v) is 19.6. The van der Waals surface area contributed by atoms with Crippen molar-refractivity contribution in [2.75, 3.05) is 0 Å². The van der Waals surface area contributed by atoms with Gasteiger partial charge in [0, 0.05) is 18.1 Å². The summed E-state index contributed by atoms with van der Waals surface area (Å²) in [5.41, 5.74) is 8.12. The van der Waals surface area contributed by atoms with Crippen LogP contribution in [-0.4, -0.2) is 19.5 Å². The van der Waals surface area contributed by atoms with E-state index in [-0.39, 0.29) is 0 Å². The van der Waals surface area contributed by atoms with Gasteiger partial charge in [0.05, 0.1) is 10.9 Å². The van der Waals surface area contributed by atoms with E-state index in [2.05, 4.69) is 90.4 Å². The van der Waals surface area contributed by atoms with Crippen molar-refractivity contribution < 1.29 is 21.4 Å². The van der Waals surface area contributed by atoms with Crippen LogP contribution in [0.1, 0.15) is 11.1 Å². The van der Waals surface area contributed by atoms with Gasteiger partial charge >= 0.3 is 36.4 Å². The number of aromatic nitrogens is 1. The molecule has 5 rings (SSSR count). The Bertz CT molecular complexity index is 1310. The number of hydrogen-bond donors (Lipinski definition) is 0. The van der Waals surface area contributed by atoms with E-state index in [4.69, 9.17) is 0 Å². The summed E-state index contributed by atoms with van der Waals surface area (Å²) in [5.74, 6) is 0. The fraction of sp³-hybridized carbons (Fsp3) is 0.125. The summed E-state index contributed by atoms with van der Waals surface area (Å²) in [6.45, 7) is 3.21. The minimum absolute atomic E-state index is 1.03. The maximum atomic E-state index is 9.93. The molecule has 32 heavy (non-hydrogen) atoms. The van der Waals surface area contributed by atoms with Gasteiger partial charge in [0.2, 0.25) is 11.4 Å². The van der Waals surface area contributed by atoms with E-state index in [9.17, 15) is 16.9 Å². The SMILES string of the molecule is Cc1ccc2c(c1)-c1c3ccccc3cc(-c3ccccc3)[n+]1CC2.[F][Sb-]([F])([F])([F])([F])[F]. The van der Waals surface area contributed by atoms with Crippen LogP contribution in [0.25, 0.3) is 33.3 Å². The van der Waals surface area contributed by atoms with E-state index in [1.165, 1.54) is 44.4 Å². The molecule has 0 fully saturated rings. The fourth-order valence-electron chi connectivity index (χ4n) is 4.06. The minimum atomic E-state index is -11.2. The van der Waals surface area contributed by atoms with Crippen molar-refractivity contribution in [3.05, 3.63) is 90.0 Å². The molecule has 8 heteroatoms. The average Bonchev–Trinajstić information content (AvgIpc) is 2.71. The Morgan fingerprint density at radius 2 is 1.38 bits per heavy atom. The molecule has 0 saturated heterocycles. The van der Waals surface area contributed by atoms with E-state index in [0.717, 1.165) is 13.0 Å². The Labute approximate surface area is 183 Å². The van der Waals surface area contributed by atoms with Gasteiger partial charge < -0.3 is 0 Å². The molecule has 0 radical (unpaired) electrons. The third-order valence-corrected chi connectivity index (χ3v) is 5.26. The number of aryl methyl sites for hydroxylation is 2. The Balaban J connectivity index is 0.000000307. The first-order chi connectivity index (χ1) is 14.8. The van der Waals surface area contributed by atoms with Gasteiger partial charge in [0.15, 0.2) is 6.54 Å². The van der Waals surface area contributed by atoms with Crippen LogP contribution in [0.4, 0.5) is 16.9 Å². The molecule has 0 spiro atoms. The van der Waals surface area contributed by atoms with Crippen molar-refractivity contribution >= 4 is 30.2 Å². The van der Waals surface area contributed by atoms with Crippen molar-refractivity contribution in [2.24, 2.45) is 0 Å². The number of nitrogens with zero attached hydrogens (tertiary/aromatic N) is 1. The molecule has 1 aromatic heterocycles. The topological polar surface area (TPSA) is 3.88 Å². The summed E-state index contributed by atoms with van der Waals surface area (Å²) in [4.78, 5) is 0. The summed E-state index contributed by atoms with van der Waals surface area (Å²) >= 11 is -11.2. The second-order valence-electron chi connectivity index (χ2n) is 7.85. The van der Waals surface area contributed by atoms with Gasteiger partial charge in [-0.05, 0) is 42.1 Å². The van der Waals surface area contributed by atoms with Crippen LogP contribution in [0.2, 0.25) is 0 Å². The van der Waals surface area contributed by atoms with E-state index in [1.807, 2.05) is 0 Å². The molecule has 1 nitrogen and oxygen atoms in total. The molecule has 0 bridgehead atoms. The van der Waals surface area contributed by atoms with Crippen molar-refractivity contribution in [1.29, 1.82) is 0 Å². The van der Waals surface area contributed by atoms with Crippen LogP contribution in [-0.2, 0) is 13.0 Å². The Morgan fingerprint density at radius 1 is 0.750 bits per heavy atom. The van der Waals surface area contributed by atoms with E-state index in [0.29, 0.717) is 0 Å². The predicted molar refractivity (Wildman–Crippen MR) is 116 cm³/mol. The number of pyridine rings is 1. The molecule has 168 valence electrons. The molecule has 0 aliphatic carbocycles. The predicted octanol–water partition coefficient (Wildman–Crippen LogP) is 7.47. The summed E-state index contributed by atoms with van der Waals surface area (Å²) in [6.07, 6.45) is 1.09. The number of benzene rings is 3. The first kappa shape index (κ1) is 22.7. The van der Waals surface area contributed by atoms with Gasteiger partial charge in [0.1, 0.15) is 0 Å². The number of fused-ring (bicyclic) bond motifs is 5. The molecular weight excluding hydrogens is 538 g/mol. The molecule has 0 saturated carbocycles. The zero-order chi connectivity index (χ0) is 23.2. The zero-order valence-electron chi connectivity index (χ0n) is 17.1. The van der Waals surface area contributed by atoms with E-state index >= 15 is 0 Å². The van der Waals surface area contributed by atoms with Crippen LogP contribution in [0.5, 0.6) is 0 Å². The molecule has 0 unspecified atom stereocenters. The van der Waals surface area contributed by atoms with Crippen LogP contribution in [0.3, 0.4) is 0 Å². The Hall–Kier alpha value is -2.53. The maximum absolute atomic E-state index is 11.2. The van der Waals surface area contributed by atoms with Crippen molar-refractivity contribution in [3.8, 4) is 22.5 Å². The summed E-state index contributed by atoms with van der Waals surface area (Å²) in [5, 5.41) is 2.65. The van der Waals surface area contributed by atoms with Crippen LogP contribution >= 0.6 is 0 Å². The van der Waals surface area contributed by atoms with Gasteiger partial charge in [-0.2, -0.15) is 4.57 Å². The number of rotatable bonds is 1. The van der Waals surface area contributed by atoms with Gasteiger partial charge in [-0.1, -0.05) is 54.1 Å². The third kappa shape index (κ3) is 5.63. The van der Waals surface area contributed by atoms with E-state index < -0.39 is 19.5 Å². The quantitative estimate of drug-likeness (QED) is 0.130. The molecular formula is C24H20F6NSb. The Kier molecular flexibility index (Phi) is 5.13. The molecule has 0 atom stereocenters. The monoisotopic (exact) mass is 557 g/mol. The molecule has 0 amide bonds. The second-order valence-corrected chi connectivity index (χ2v) is 13.3.